The molecule has 6 nitrogen and oxygen atoms in total. The minimum atomic E-state index is -0.283. The first-order chi connectivity index (χ1) is 13.0. The second kappa shape index (κ2) is 8.54. The van der Waals surface area contributed by atoms with Crippen LogP contribution in [0.3, 0.4) is 0 Å². The van der Waals surface area contributed by atoms with Gasteiger partial charge in [0.15, 0.2) is 0 Å². The number of carbonyl (C=O) groups is 2. The summed E-state index contributed by atoms with van der Waals surface area (Å²) in [5.41, 5.74) is 1.74. The van der Waals surface area contributed by atoms with Crippen molar-refractivity contribution in [2.75, 3.05) is 38.6 Å². The lowest BCUT2D eigenvalue weighted by Crippen LogP contribution is -2.53. The van der Waals surface area contributed by atoms with E-state index in [-0.39, 0.29) is 17.9 Å². The highest BCUT2D eigenvalue weighted by Crippen LogP contribution is 2.25. The average Bonchev–Trinajstić information content (AvgIpc) is 3.22. The highest BCUT2D eigenvalue weighted by Gasteiger charge is 2.28. The van der Waals surface area contributed by atoms with E-state index in [9.17, 15) is 9.59 Å². The lowest BCUT2D eigenvalue weighted by atomic mass is 10.1. The number of thiophene rings is 1. The molecule has 1 aromatic carbocycles. The Morgan fingerprint density at radius 3 is 2.56 bits per heavy atom. The highest BCUT2D eigenvalue weighted by molar-refractivity contribution is 7.12. The van der Waals surface area contributed by atoms with Crippen LogP contribution in [0.25, 0.3) is 0 Å². The zero-order valence-electron chi connectivity index (χ0n) is 15.9. The molecule has 0 radical (unpaired) electrons. The second-order valence-corrected chi connectivity index (χ2v) is 7.62. The van der Waals surface area contributed by atoms with Crippen LogP contribution in [-0.4, -0.2) is 60.9 Å². The maximum Gasteiger partial charge on any atom is 0.264 e. The average molecular weight is 388 g/mol. The van der Waals surface area contributed by atoms with E-state index < -0.39 is 0 Å². The van der Waals surface area contributed by atoms with Gasteiger partial charge in [-0.05, 0) is 43.0 Å². The van der Waals surface area contributed by atoms with Crippen LogP contribution in [0.2, 0.25) is 0 Å². The van der Waals surface area contributed by atoms with Crippen LogP contribution in [-0.2, 0) is 4.79 Å². The van der Waals surface area contributed by atoms with Gasteiger partial charge < -0.3 is 15.0 Å². The molecule has 0 spiro atoms. The van der Waals surface area contributed by atoms with Gasteiger partial charge in [-0.3, -0.25) is 14.5 Å². The molecular weight excluding hydrogens is 362 g/mol. The zero-order valence-corrected chi connectivity index (χ0v) is 16.7. The van der Waals surface area contributed by atoms with Gasteiger partial charge in [0.1, 0.15) is 5.75 Å². The van der Waals surface area contributed by atoms with Crippen molar-refractivity contribution in [2.24, 2.45) is 0 Å². The zero-order chi connectivity index (χ0) is 19.4. The molecule has 2 heterocycles. The Morgan fingerprint density at radius 1 is 1.19 bits per heavy atom. The molecule has 144 valence electrons. The maximum absolute atomic E-state index is 12.7. The first-order valence-electron chi connectivity index (χ1n) is 9.02. The molecular formula is C20H25N3O3S. The van der Waals surface area contributed by atoms with E-state index in [1.807, 2.05) is 54.5 Å². The Labute approximate surface area is 163 Å². The number of hydrogen-bond acceptors (Lipinski definition) is 5. The van der Waals surface area contributed by atoms with Crippen LogP contribution in [0.1, 0.15) is 22.2 Å². The van der Waals surface area contributed by atoms with Gasteiger partial charge in [0.2, 0.25) is 5.91 Å². The molecule has 2 amide bonds. The van der Waals surface area contributed by atoms with Gasteiger partial charge in [-0.2, -0.15) is 0 Å². The third-order valence-electron chi connectivity index (χ3n) is 4.87. The van der Waals surface area contributed by atoms with Gasteiger partial charge in [-0.1, -0.05) is 12.1 Å². The van der Waals surface area contributed by atoms with E-state index in [0.717, 1.165) is 10.4 Å². The SMILES string of the molecule is COc1ccc(C)cc1NC(=O)C(C)N1CCN(C(=O)c2cccs2)CC1. The summed E-state index contributed by atoms with van der Waals surface area (Å²) in [5, 5.41) is 4.88. The van der Waals surface area contributed by atoms with Gasteiger partial charge in [0.05, 0.1) is 23.7 Å². The second-order valence-electron chi connectivity index (χ2n) is 6.67. The summed E-state index contributed by atoms with van der Waals surface area (Å²) in [6, 6.07) is 9.16. The molecule has 1 aromatic heterocycles. The number of ether oxygens (including phenoxy) is 1. The maximum atomic E-state index is 12.7. The molecule has 2 aromatic rings. The summed E-state index contributed by atoms with van der Waals surface area (Å²) in [4.78, 5) is 29.9. The number of hydrogen-bond donors (Lipinski definition) is 1. The minimum Gasteiger partial charge on any atom is -0.495 e. The quantitative estimate of drug-likeness (QED) is 0.857. The van der Waals surface area contributed by atoms with Crippen LogP contribution < -0.4 is 10.1 Å². The van der Waals surface area contributed by atoms with Gasteiger partial charge in [0, 0.05) is 26.2 Å². The first-order valence-corrected chi connectivity index (χ1v) is 9.90. The van der Waals surface area contributed by atoms with Crippen molar-refractivity contribution in [1.29, 1.82) is 0 Å². The van der Waals surface area contributed by atoms with Crippen molar-refractivity contribution in [3.05, 3.63) is 46.2 Å². The van der Waals surface area contributed by atoms with Gasteiger partial charge >= 0.3 is 0 Å². The fourth-order valence-corrected chi connectivity index (χ4v) is 3.88. The van der Waals surface area contributed by atoms with Crippen LogP contribution in [0, 0.1) is 6.92 Å². The number of piperazine rings is 1. The minimum absolute atomic E-state index is 0.0723. The van der Waals surface area contributed by atoms with Crippen LogP contribution >= 0.6 is 11.3 Å². The number of methoxy groups -OCH3 is 1. The number of benzene rings is 1. The summed E-state index contributed by atoms with van der Waals surface area (Å²) in [7, 11) is 1.59. The van der Waals surface area contributed by atoms with E-state index in [2.05, 4.69) is 10.2 Å². The predicted molar refractivity (Wildman–Crippen MR) is 108 cm³/mol. The van der Waals surface area contributed by atoms with Gasteiger partial charge in [-0.25, -0.2) is 0 Å². The summed E-state index contributed by atoms with van der Waals surface area (Å²) in [5.74, 6) is 0.649. The van der Waals surface area contributed by atoms with Crippen molar-refractivity contribution in [2.45, 2.75) is 19.9 Å². The topological polar surface area (TPSA) is 61.9 Å². The van der Waals surface area contributed by atoms with Crippen molar-refractivity contribution >= 4 is 28.8 Å². The number of nitrogens with one attached hydrogen (secondary N) is 1. The Balaban J connectivity index is 1.57. The molecule has 1 fully saturated rings. The van der Waals surface area contributed by atoms with Crippen molar-refractivity contribution in [1.82, 2.24) is 9.80 Å². The third kappa shape index (κ3) is 4.48. The van der Waals surface area contributed by atoms with E-state index in [1.165, 1.54) is 11.3 Å². The first kappa shape index (κ1) is 19.4. The molecule has 1 aliphatic heterocycles. The van der Waals surface area contributed by atoms with E-state index in [4.69, 9.17) is 4.74 Å². The van der Waals surface area contributed by atoms with Gasteiger partial charge in [0.25, 0.3) is 5.91 Å². The van der Waals surface area contributed by atoms with Crippen LogP contribution in [0.4, 0.5) is 5.69 Å². The Bertz CT molecular complexity index is 799. The van der Waals surface area contributed by atoms with E-state index in [1.54, 1.807) is 7.11 Å². The molecule has 1 N–H and O–H groups in total. The molecule has 1 aliphatic rings. The van der Waals surface area contributed by atoms with Crippen molar-refractivity contribution in [3.63, 3.8) is 0 Å². The standard InChI is InChI=1S/C20H25N3O3S/c1-14-6-7-17(26-3)16(13-14)21-19(24)15(2)22-8-10-23(11-9-22)20(25)18-5-4-12-27-18/h4-7,12-13,15H,8-11H2,1-3H3,(H,21,24). The smallest absolute Gasteiger partial charge is 0.264 e. The number of nitrogens with zero attached hydrogens (tertiary/aromatic N) is 2. The fraction of sp³-hybridized carbons (Fsp3) is 0.400. The highest BCUT2D eigenvalue weighted by atomic mass is 32.1. The number of anilines is 1. The molecule has 1 unspecified atom stereocenters. The fourth-order valence-electron chi connectivity index (χ4n) is 3.19. The lowest BCUT2D eigenvalue weighted by molar-refractivity contribution is -0.121. The van der Waals surface area contributed by atoms with E-state index in [0.29, 0.717) is 37.6 Å². The monoisotopic (exact) mass is 387 g/mol. The Hall–Kier alpha value is -2.38. The molecule has 0 aliphatic carbocycles. The molecule has 27 heavy (non-hydrogen) atoms. The van der Waals surface area contributed by atoms with E-state index >= 15 is 0 Å². The summed E-state index contributed by atoms with van der Waals surface area (Å²) < 4.78 is 5.33. The van der Waals surface area contributed by atoms with Crippen LogP contribution in [0.15, 0.2) is 35.7 Å². The molecule has 3 rings (SSSR count). The molecule has 1 atom stereocenters. The number of aryl methyl sites for hydroxylation is 1. The number of amides is 2. The summed E-state index contributed by atoms with van der Waals surface area (Å²) in [6.07, 6.45) is 0. The molecule has 0 bridgehead atoms. The molecule has 0 saturated carbocycles. The Kier molecular flexibility index (Phi) is 6.13. The Morgan fingerprint density at radius 2 is 1.93 bits per heavy atom. The van der Waals surface area contributed by atoms with Crippen LogP contribution in [0.5, 0.6) is 5.75 Å². The summed E-state index contributed by atoms with van der Waals surface area (Å²) in [6.45, 7) is 6.48. The number of rotatable bonds is 5. The lowest BCUT2D eigenvalue weighted by Gasteiger charge is -2.37. The third-order valence-corrected chi connectivity index (χ3v) is 5.73. The number of carbonyl (C=O) groups excluding carboxylic acids is 2. The van der Waals surface area contributed by atoms with Crippen molar-refractivity contribution in [3.8, 4) is 5.75 Å². The predicted octanol–water partition coefficient (Wildman–Crippen LogP) is 2.85. The largest absolute Gasteiger partial charge is 0.495 e. The normalized spacial score (nSPS) is 16.0. The molecule has 1 saturated heterocycles. The van der Waals surface area contributed by atoms with Crippen molar-refractivity contribution < 1.29 is 14.3 Å². The van der Waals surface area contributed by atoms with Gasteiger partial charge in [-0.15, -0.1) is 11.3 Å². The summed E-state index contributed by atoms with van der Waals surface area (Å²) >= 11 is 1.46. The molecule has 7 heteroatoms.